The normalized spacial score (nSPS) is 12.5. The first-order chi connectivity index (χ1) is 7.15. The van der Waals surface area contributed by atoms with Gasteiger partial charge in [0.25, 0.3) is 0 Å². The predicted molar refractivity (Wildman–Crippen MR) is 59.2 cm³/mol. The van der Waals surface area contributed by atoms with Crippen molar-refractivity contribution in [3.05, 3.63) is 28.8 Å². The first-order valence-corrected chi connectivity index (χ1v) is 5.21. The molecule has 84 valence electrons. The molecule has 1 aromatic carbocycles. The van der Waals surface area contributed by atoms with E-state index in [1.54, 1.807) is 25.1 Å². The van der Waals surface area contributed by atoms with E-state index in [0.29, 0.717) is 17.4 Å². The number of aliphatic hydroxyl groups is 1. The minimum absolute atomic E-state index is 0.185. The average Bonchev–Trinajstić information content (AvgIpc) is 2.20. The molecule has 0 aliphatic carbocycles. The van der Waals surface area contributed by atoms with Crippen molar-refractivity contribution in [2.45, 2.75) is 20.0 Å². The minimum atomic E-state index is -0.525. The van der Waals surface area contributed by atoms with Gasteiger partial charge in [0.2, 0.25) is 0 Å². The van der Waals surface area contributed by atoms with Gasteiger partial charge in [-0.25, -0.2) is 0 Å². The highest BCUT2D eigenvalue weighted by molar-refractivity contribution is 6.32. The van der Waals surface area contributed by atoms with Gasteiger partial charge in [0.15, 0.2) is 6.79 Å². The van der Waals surface area contributed by atoms with Crippen molar-refractivity contribution >= 4 is 11.6 Å². The van der Waals surface area contributed by atoms with Crippen molar-refractivity contribution in [3.63, 3.8) is 0 Å². The Hall–Kier alpha value is -0.770. The predicted octanol–water partition coefficient (Wildman–Crippen LogP) is 2.77. The van der Waals surface area contributed by atoms with E-state index in [-0.39, 0.29) is 6.79 Å². The third-order valence-electron chi connectivity index (χ3n) is 1.94. The lowest BCUT2D eigenvalue weighted by Gasteiger charge is -2.10. The van der Waals surface area contributed by atoms with Crippen LogP contribution in [0.3, 0.4) is 0 Å². The monoisotopic (exact) mass is 230 g/mol. The zero-order valence-corrected chi connectivity index (χ0v) is 9.62. The van der Waals surface area contributed by atoms with E-state index < -0.39 is 6.10 Å². The Labute approximate surface area is 94.6 Å². The van der Waals surface area contributed by atoms with Gasteiger partial charge >= 0.3 is 0 Å². The summed E-state index contributed by atoms with van der Waals surface area (Å²) in [6, 6.07) is 5.19. The van der Waals surface area contributed by atoms with Crippen molar-refractivity contribution in [1.82, 2.24) is 0 Å². The Morgan fingerprint density at radius 3 is 2.73 bits per heavy atom. The number of ether oxygens (including phenoxy) is 2. The Kier molecular flexibility index (Phi) is 4.88. The van der Waals surface area contributed by atoms with E-state index in [1.165, 1.54) is 0 Å². The molecule has 0 unspecified atom stereocenters. The molecule has 0 saturated carbocycles. The van der Waals surface area contributed by atoms with Crippen LogP contribution >= 0.6 is 11.6 Å². The van der Waals surface area contributed by atoms with Gasteiger partial charge in [0.1, 0.15) is 5.75 Å². The largest absolute Gasteiger partial charge is 0.466 e. The Morgan fingerprint density at radius 1 is 1.47 bits per heavy atom. The average molecular weight is 231 g/mol. The summed E-state index contributed by atoms with van der Waals surface area (Å²) in [6.45, 7) is 4.36. The summed E-state index contributed by atoms with van der Waals surface area (Å²) in [4.78, 5) is 0. The van der Waals surface area contributed by atoms with Crippen molar-refractivity contribution in [1.29, 1.82) is 0 Å². The lowest BCUT2D eigenvalue weighted by molar-refractivity contribution is 0.0224. The van der Waals surface area contributed by atoms with Crippen LogP contribution in [0, 0.1) is 0 Å². The topological polar surface area (TPSA) is 38.7 Å². The van der Waals surface area contributed by atoms with Crippen LogP contribution in [0.1, 0.15) is 25.5 Å². The molecule has 0 spiro atoms. The molecule has 1 N–H and O–H groups in total. The summed E-state index contributed by atoms with van der Waals surface area (Å²) in [5, 5.41) is 9.81. The van der Waals surface area contributed by atoms with Gasteiger partial charge in [-0.3, -0.25) is 0 Å². The first-order valence-electron chi connectivity index (χ1n) is 4.83. The maximum atomic E-state index is 9.33. The molecule has 0 bridgehead atoms. The highest BCUT2D eigenvalue weighted by Gasteiger charge is 2.06. The molecular weight excluding hydrogens is 216 g/mol. The van der Waals surface area contributed by atoms with Crippen LogP contribution in [0.5, 0.6) is 5.75 Å². The second-order valence-electron chi connectivity index (χ2n) is 3.12. The van der Waals surface area contributed by atoms with Crippen LogP contribution in [0.25, 0.3) is 0 Å². The maximum Gasteiger partial charge on any atom is 0.189 e. The fourth-order valence-electron chi connectivity index (χ4n) is 1.08. The van der Waals surface area contributed by atoms with Crippen LogP contribution < -0.4 is 4.74 Å². The summed E-state index contributed by atoms with van der Waals surface area (Å²) in [5.41, 5.74) is 0.767. The molecular formula is C11H15ClO3. The number of benzene rings is 1. The van der Waals surface area contributed by atoms with E-state index in [4.69, 9.17) is 21.1 Å². The Balaban J connectivity index is 2.66. The lowest BCUT2D eigenvalue weighted by atomic mass is 10.1. The summed E-state index contributed by atoms with van der Waals surface area (Å²) in [7, 11) is 0. The van der Waals surface area contributed by atoms with Crippen molar-refractivity contribution in [2.24, 2.45) is 0 Å². The molecule has 0 aromatic heterocycles. The van der Waals surface area contributed by atoms with Crippen LogP contribution in [-0.2, 0) is 4.74 Å². The van der Waals surface area contributed by atoms with Gasteiger partial charge in [-0.1, -0.05) is 17.7 Å². The van der Waals surface area contributed by atoms with Gasteiger partial charge in [0.05, 0.1) is 11.1 Å². The van der Waals surface area contributed by atoms with Crippen LogP contribution in [-0.4, -0.2) is 18.5 Å². The summed E-state index contributed by atoms with van der Waals surface area (Å²) < 4.78 is 10.3. The summed E-state index contributed by atoms with van der Waals surface area (Å²) >= 11 is 5.96. The van der Waals surface area contributed by atoms with E-state index in [2.05, 4.69) is 0 Å². The minimum Gasteiger partial charge on any atom is -0.466 e. The summed E-state index contributed by atoms with van der Waals surface area (Å²) in [6.07, 6.45) is -0.525. The van der Waals surface area contributed by atoms with E-state index in [9.17, 15) is 5.11 Å². The lowest BCUT2D eigenvalue weighted by Crippen LogP contribution is -2.02. The van der Waals surface area contributed by atoms with Gasteiger partial charge in [0, 0.05) is 6.61 Å². The second-order valence-corrected chi connectivity index (χ2v) is 3.53. The van der Waals surface area contributed by atoms with E-state index in [1.807, 2.05) is 6.92 Å². The first kappa shape index (κ1) is 12.3. The van der Waals surface area contributed by atoms with Crippen molar-refractivity contribution in [2.75, 3.05) is 13.4 Å². The highest BCUT2D eigenvalue weighted by Crippen LogP contribution is 2.27. The van der Waals surface area contributed by atoms with Gasteiger partial charge in [-0.15, -0.1) is 0 Å². The molecule has 3 nitrogen and oxygen atoms in total. The smallest absolute Gasteiger partial charge is 0.189 e. The quantitative estimate of drug-likeness (QED) is 0.625. The molecule has 0 heterocycles. The summed E-state index contributed by atoms with van der Waals surface area (Å²) in [5.74, 6) is 0.564. The molecule has 4 heteroatoms. The van der Waals surface area contributed by atoms with Crippen LogP contribution in [0.4, 0.5) is 0 Å². The molecule has 0 amide bonds. The number of hydrogen-bond donors (Lipinski definition) is 1. The second kappa shape index (κ2) is 5.95. The molecule has 1 rings (SSSR count). The Bertz CT molecular complexity index is 313. The molecule has 1 aromatic rings. The van der Waals surface area contributed by atoms with E-state index >= 15 is 0 Å². The van der Waals surface area contributed by atoms with E-state index in [0.717, 1.165) is 5.56 Å². The third-order valence-corrected chi connectivity index (χ3v) is 2.24. The standard InChI is InChI=1S/C11H15ClO3/c1-3-14-7-15-11-5-4-9(8(2)13)6-10(11)12/h4-6,8,13H,3,7H2,1-2H3/t8-/m0/s1. The fraction of sp³-hybridized carbons (Fsp3) is 0.455. The number of aliphatic hydroxyl groups excluding tert-OH is 1. The molecule has 0 radical (unpaired) electrons. The zero-order chi connectivity index (χ0) is 11.3. The SMILES string of the molecule is CCOCOc1ccc([C@H](C)O)cc1Cl. The van der Waals surface area contributed by atoms with Crippen molar-refractivity contribution < 1.29 is 14.6 Å². The van der Waals surface area contributed by atoms with Crippen molar-refractivity contribution in [3.8, 4) is 5.75 Å². The highest BCUT2D eigenvalue weighted by atomic mass is 35.5. The van der Waals surface area contributed by atoms with Crippen LogP contribution in [0.15, 0.2) is 18.2 Å². The fourth-order valence-corrected chi connectivity index (χ4v) is 1.33. The van der Waals surface area contributed by atoms with Gasteiger partial charge in [-0.2, -0.15) is 0 Å². The number of halogens is 1. The third kappa shape index (κ3) is 3.70. The molecule has 0 saturated heterocycles. The van der Waals surface area contributed by atoms with Crippen LogP contribution in [0.2, 0.25) is 5.02 Å². The maximum absolute atomic E-state index is 9.33. The molecule has 0 aliphatic heterocycles. The molecule has 15 heavy (non-hydrogen) atoms. The van der Waals surface area contributed by atoms with Gasteiger partial charge in [-0.05, 0) is 31.5 Å². The van der Waals surface area contributed by atoms with Gasteiger partial charge < -0.3 is 14.6 Å². The molecule has 0 fully saturated rings. The zero-order valence-electron chi connectivity index (χ0n) is 8.87. The molecule has 1 atom stereocenters. The molecule has 0 aliphatic rings. The number of rotatable bonds is 5. The number of hydrogen-bond acceptors (Lipinski definition) is 3. The Morgan fingerprint density at radius 2 is 2.20 bits per heavy atom.